The van der Waals surface area contributed by atoms with Gasteiger partial charge in [-0.3, -0.25) is 9.59 Å². The lowest BCUT2D eigenvalue weighted by molar-refractivity contribution is -0.124. The minimum atomic E-state index is -1.25. The molecule has 0 spiro atoms. The summed E-state index contributed by atoms with van der Waals surface area (Å²) in [5, 5.41) is 5.86. The van der Waals surface area contributed by atoms with E-state index in [0.29, 0.717) is 22.7 Å². The number of amides is 1. The molecule has 1 aromatic heterocycles. The first-order valence-electron chi connectivity index (χ1n) is 11.7. The maximum absolute atomic E-state index is 13.9. The number of carbonyl (C=O) groups excluding carboxylic acids is 1. The number of morpholine rings is 1. The van der Waals surface area contributed by atoms with Gasteiger partial charge in [-0.05, 0) is 51.0 Å². The molecule has 2 aliphatic rings. The van der Waals surface area contributed by atoms with Gasteiger partial charge in [0.25, 0.3) is 5.56 Å². The highest BCUT2D eigenvalue weighted by molar-refractivity contribution is 5.81. The number of aromatic amines is 1. The van der Waals surface area contributed by atoms with E-state index in [2.05, 4.69) is 15.6 Å². The van der Waals surface area contributed by atoms with Crippen molar-refractivity contribution >= 4 is 16.8 Å². The van der Waals surface area contributed by atoms with Crippen LogP contribution in [0.5, 0.6) is 0 Å². The third kappa shape index (κ3) is 5.52. The quantitative estimate of drug-likeness (QED) is 0.499. The van der Waals surface area contributed by atoms with Crippen LogP contribution in [-0.2, 0) is 9.53 Å². The van der Waals surface area contributed by atoms with Crippen molar-refractivity contribution in [2.45, 2.75) is 50.9 Å². The molecule has 2 saturated heterocycles. The Morgan fingerprint density at radius 1 is 1.06 bits per heavy atom. The monoisotopic (exact) mass is 510 g/mol. The number of H-pyrrole nitrogens is 1. The molecular weight excluding hydrogens is 477 g/mol. The standard InChI is InChI=1S/C19H16F3N3O3.C6H11NO.3H2/c1-9(13-5-3-12(21)8-15(13)22)23-17(26)10(2)25-18(27)14-7-11(20)4-6-16(14)24-19(25)28;1-2-6-4-8-3-5(1)7-6;;;/h3-10H,1-2H3,(H,23,26)(H,24,28);5-7H,1-4H2;3*1H/t9-,10+;5-,6?;;;/m11.../s1. The van der Waals surface area contributed by atoms with Gasteiger partial charge in [0.1, 0.15) is 23.5 Å². The number of fused-ring (bicyclic) bond motifs is 3. The average molecular weight is 511 g/mol. The van der Waals surface area contributed by atoms with Crippen molar-refractivity contribution in [2.75, 3.05) is 13.2 Å². The highest BCUT2D eigenvalue weighted by atomic mass is 19.1. The Morgan fingerprint density at radius 3 is 2.33 bits per heavy atom. The van der Waals surface area contributed by atoms with E-state index in [1.165, 1.54) is 38.8 Å². The van der Waals surface area contributed by atoms with Crippen LogP contribution in [0.2, 0.25) is 0 Å². The molecule has 3 heterocycles. The zero-order chi connectivity index (χ0) is 26.0. The van der Waals surface area contributed by atoms with Crippen LogP contribution in [0, 0.1) is 17.5 Å². The third-order valence-corrected chi connectivity index (χ3v) is 6.42. The number of halogens is 3. The van der Waals surface area contributed by atoms with Gasteiger partial charge in [-0.15, -0.1) is 0 Å². The molecule has 3 aromatic rings. The first-order valence-corrected chi connectivity index (χ1v) is 11.7. The van der Waals surface area contributed by atoms with Gasteiger partial charge in [0.2, 0.25) is 5.91 Å². The van der Waals surface area contributed by atoms with Crippen molar-refractivity contribution < 1.29 is 27.0 Å². The summed E-state index contributed by atoms with van der Waals surface area (Å²) < 4.78 is 46.3. The normalized spacial score (nSPS) is 20.4. The van der Waals surface area contributed by atoms with Crippen molar-refractivity contribution in [1.82, 2.24) is 20.2 Å². The molecule has 4 atom stereocenters. The summed E-state index contributed by atoms with van der Waals surface area (Å²) >= 11 is 0. The lowest BCUT2D eigenvalue weighted by atomic mass is 10.1. The fourth-order valence-electron chi connectivity index (χ4n) is 4.45. The fourth-order valence-corrected chi connectivity index (χ4v) is 4.45. The summed E-state index contributed by atoms with van der Waals surface area (Å²) in [6, 6.07) is 5.52. The van der Waals surface area contributed by atoms with Crippen molar-refractivity contribution in [3.8, 4) is 0 Å². The Kier molecular flexibility index (Phi) is 7.60. The van der Waals surface area contributed by atoms with Gasteiger partial charge in [0.05, 0.1) is 30.2 Å². The molecule has 0 saturated carbocycles. The van der Waals surface area contributed by atoms with Crippen LogP contribution >= 0.6 is 0 Å². The van der Waals surface area contributed by atoms with Gasteiger partial charge in [0.15, 0.2) is 0 Å². The molecular formula is C25H33F3N4O4. The highest BCUT2D eigenvalue weighted by Gasteiger charge is 2.27. The summed E-state index contributed by atoms with van der Waals surface area (Å²) in [6.45, 7) is 4.67. The van der Waals surface area contributed by atoms with Crippen LogP contribution in [0.25, 0.3) is 10.9 Å². The van der Waals surface area contributed by atoms with Crippen LogP contribution in [0.1, 0.15) is 48.6 Å². The molecule has 0 radical (unpaired) electrons. The third-order valence-electron chi connectivity index (χ3n) is 6.42. The maximum Gasteiger partial charge on any atom is 0.329 e. The Morgan fingerprint density at radius 2 is 1.69 bits per heavy atom. The van der Waals surface area contributed by atoms with Crippen LogP contribution in [-0.4, -0.2) is 40.8 Å². The zero-order valence-corrected chi connectivity index (χ0v) is 19.8. The van der Waals surface area contributed by atoms with Gasteiger partial charge in [0, 0.05) is 28.0 Å². The van der Waals surface area contributed by atoms with Crippen LogP contribution in [0.15, 0.2) is 46.0 Å². The first-order chi connectivity index (χ1) is 17.1. The van der Waals surface area contributed by atoms with E-state index in [1.54, 1.807) is 0 Å². The molecule has 1 amide bonds. The predicted molar refractivity (Wildman–Crippen MR) is 134 cm³/mol. The number of hydrogen-bond acceptors (Lipinski definition) is 5. The lowest BCUT2D eigenvalue weighted by Gasteiger charge is -2.20. The van der Waals surface area contributed by atoms with E-state index >= 15 is 0 Å². The van der Waals surface area contributed by atoms with Crippen LogP contribution in [0.3, 0.4) is 0 Å². The Balaban J connectivity index is 0.000000588. The number of benzene rings is 2. The number of carbonyl (C=O) groups is 1. The molecule has 8 nitrogen and oxygen atoms in total. The second-order valence-corrected chi connectivity index (χ2v) is 9.04. The van der Waals surface area contributed by atoms with Crippen molar-refractivity contribution in [1.29, 1.82) is 0 Å². The fraction of sp³-hybridized carbons (Fsp3) is 0.400. The Bertz CT molecular complexity index is 1390. The van der Waals surface area contributed by atoms with E-state index in [0.717, 1.165) is 31.4 Å². The average Bonchev–Trinajstić information content (AvgIpc) is 3.16. The van der Waals surface area contributed by atoms with Crippen molar-refractivity contribution in [3.63, 3.8) is 0 Å². The minimum absolute atomic E-state index is 0. The Hall–Kier alpha value is -3.44. The molecule has 0 aliphatic carbocycles. The van der Waals surface area contributed by atoms with Gasteiger partial charge in [-0.25, -0.2) is 22.5 Å². The van der Waals surface area contributed by atoms with E-state index < -0.39 is 46.7 Å². The van der Waals surface area contributed by atoms with Crippen molar-refractivity contribution in [2.24, 2.45) is 0 Å². The highest BCUT2D eigenvalue weighted by Crippen LogP contribution is 2.19. The molecule has 11 heteroatoms. The number of aromatic nitrogens is 2. The first kappa shape index (κ1) is 25.6. The summed E-state index contributed by atoms with van der Waals surface area (Å²) in [5.41, 5.74) is -1.49. The smallest absolute Gasteiger partial charge is 0.329 e. The molecule has 1 unspecified atom stereocenters. The van der Waals surface area contributed by atoms with Gasteiger partial charge in [-0.1, -0.05) is 6.07 Å². The second-order valence-electron chi connectivity index (χ2n) is 9.04. The van der Waals surface area contributed by atoms with Crippen LogP contribution in [0.4, 0.5) is 13.2 Å². The SMILES string of the molecule is C1C[C@@H]2COCC1N2.C[C@@H](NC(=O)[C@H](C)n1c(=O)[nH]c2ccc(F)cc2c1=O)c1ccc(F)cc1F.[HH].[HH].[HH]. The number of hydrogen-bond donors (Lipinski definition) is 3. The van der Waals surface area contributed by atoms with Gasteiger partial charge in [-0.2, -0.15) is 0 Å². The summed E-state index contributed by atoms with van der Waals surface area (Å²) in [7, 11) is 0. The van der Waals surface area contributed by atoms with Gasteiger partial charge < -0.3 is 20.4 Å². The molecule has 5 rings (SSSR count). The van der Waals surface area contributed by atoms with E-state index in [1.807, 2.05) is 0 Å². The molecule has 198 valence electrons. The van der Waals surface area contributed by atoms with E-state index in [4.69, 9.17) is 4.74 Å². The predicted octanol–water partition coefficient (Wildman–Crippen LogP) is 3.42. The molecule has 2 bridgehead atoms. The van der Waals surface area contributed by atoms with Crippen LogP contribution < -0.4 is 21.9 Å². The summed E-state index contributed by atoms with van der Waals surface area (Å²) in [6.07, 6.45) is 2.65. The molecule has 36 heavy (non-hydrogen) atoms. The number of nitrogens with one attached hydrogen (secondary N) is 3. The molecule has 3 N–H and O–H groups in total. The van der Waals surface area contributed by atoms with Crippen molar-refractivity contribution in [3.05, 3.63) is 80.3 Å². The summed E-state index contributed by atoms with van der Waals surface area (Å²) in [4.78, 5) is 39.8. The van der Waals surface area contributed by atoms with Gasteiger partial charge >= 0.3 is 5.69 Å². The maximum atomic E-state index is 13.9. The topological polar surface area (TPSA) is 105 Å². The molecule has 2 aliphatic heterocycles. The number of nitrogens with zero attached hydrogens (tertiary/aromatic N) is 1. The number of ether oxygens (including phenoxy) is 1. The van der Waals surface area contributed by atoms with E-state index in [9.17, 15) is 27.6 Å². The number of rotatable bonds is 4. The largest absolute Gasteiger partial charge is 0.378 e. The lowest BCUT2D eigenvalue weighted by Crippen LogP contribution is -2.44. The minimum Gasteiger partial charge on any atom is -0.378 e. The van der Waals surface area contributed by atoms with E-state index in [-0.39, 0.29) is 20.7 Å². The molecule has 2 fully saturated rings. The second kappa shape index (κ2) is 10.7. The summed E-state index contributed by atoms with van der Waals surface area (Å²) in [5.74, 6) is -2.99. The molecule has 2 aromatic carbocycles. The Labute approximate surface area is 208 Å². The zero-order valence-electron chi connectivity index (χ0n) is 19.8.